The Bertz CT molecular complexity index is 366. The standard InChI is InChI=1S/C12H12O3/c13-11(12(14)15)9-5-4-8-10-6-2-1-3-7-10/h1-9,11,13H,(H,14,15)/b8-4+,9-5+/t11-/m1/s1. The summed E-state index contributed by atoms with van der Waals surface area (Å²) in [7, 11) is 0. The summed E-state index contributed by atoms with van der Waals surface area (Å²) in [4.78, 5) is 10.2. The van der Waals surface area contributed by atoms with Gasteiger partial charge in [0.2, 0.25) is 0 Å². The van der Waals surface area contributed by atoms with E-state index >= 15 is 0 Å². The minimum Gasteiger partial charge on any atom is -0.479 e. The monoisotopic (exact) mass is 204 g/mol. The van der Waals surface area contributed by atoms with Crippen molar-refractivity contribution in [3.63, 3.8) is 0 Å². The van der Waals surface area contributed by atoms with Gasteiger partial charge in [-0.1, -0.05) is 48.6 Å². The van der Waals surface area contributed by atoms with Crippen molar-refractivity contribution in [3.05, 3.63) is 54.1 Å². The molecule has 0 fully saturated rings. The van der Waals surface area contributed by atoms with Crippen molar-refractivity contribution in [1.82, 2.24) is 0 Å². The largest absolute Gasteiger partial charge is 0.479 e. The van der Waals surface area contributed by atoms with Gasteiger partial charge < -0.3 is 10.2 Å². The molecule has 0 saturated heterocycles. The summed E-state index contributed by atoms with van der Waals surface area (Å²) in [5, 5.41) is 17.3. The second-order valence-electron chi connectivity index (χ2n) is 2.94. The Morgan fingerprint density at radius 1 is 1.20 bits per heavy atom. The van der Waals surface area contributed by atoms with Crippen molar-refractivity contribution in [3.8, 4) is 0 Å². The molecule has 3 nitrogen and oxygen atoms in total. The molecule has 0 bridgehead atoms. The van der Waals surface area contributed by atoms with Crippen LogP contribution in [0.3, 0.4) is 0 Å². The number of carboxylic acids is 1. The molecule has 1 aromatic carbocycles. The maximum atomic E-state index is 10.2. The fraction of sp³-hybridized carbons (Fsp3) is 0.0833. The molecule has 0 unspecified atom stereocenters. The maximum Gasteiger partial charge on any atom is 0.336 e. The smallest absolute Gasteiger partial charge is 0.336 e. The molecule has 0 saturated carbocycles. The van der Waals surface area contributed by atoms with Crippen LogP contribution in [-0.2, 0) is 4.79 Å². The van der Waals surface area contributed by atoms with Gasteiger partial charge in [-0.25, -0.2) is 4.79 Å². The van der Waals surface area contributed by atoms with Gasteiger partial charge in [0.1, 0.15) is 0 Å². The van der Waals surface area contributed by atoms with Crippen molar-refractivity contribution in [2.24, 2.45) is 0 Å². The van der Waals surface area contributed by atoms with Crippen molar-refractivity contribution < 1.29 is 15.0 Å². The predicted octanol–water partition coefficient (Wildman–Crippen LogP) is 1.70. The van der Waals surface area contributed by atoms with Crippen molar-refractivity contribution in [2.75, 3.05) is 0 Å². The molecular weight excluding hydrogens is 192 g/mol. The number of aliphatic hydroxyl groups is 1. The number of aliphatic hydroxyl groups excluding tert-OH is 1. The van der Waals surface area contributed by atoms with Crippen LogP contribution in [0.25, 0.3) is 6.08 Å². The van der Waals surface area contributed by atoms with Gasteiger partial charge in [0, 0.05) is 0 Å². The number of aliphatic carboxylic acids is 1. The molecule has 2 N–H and O–H groups in total. The van der Waals surface area contributed by atoms with Crippen molar-refractivity contribution in [1.29, 1.82) is 0 Å². The number of hydrogen-bond acceptors (Lipinski definition) is 2. The van der Waals surface area contributed by atoms with E-state index in [-0.39, 0.29) is 0 Å². The zero-order chi connectivity index (χ0) is 11.1. The molecule has 3 heteroatoms. The normalized spacial score (nSPS) is 13.4. The highest BCUT2D eigenvalue weighted by Gasteiger charge is 2.06. The van der Waals surface area contributed by atoms with Gasteiger partial charge in [-0.15, -0.1) is 0 Å². The molecule has 0 aliphatic rings. The van der Waals surface area contributed by atoms with Crippen LogP contribution >= 0.6 is 0 Å². The lowest BCUT2D eigenvalue weighted by molar-refractivity contribution is -0.144. The molecule has 0 radical (unpaired) electrons. The molecule has 0 heterocycles. The van der Waals surface area contributed by atoms with Crippen LogP contribution in [0.2, 0.25) is 0 Å². The summed E-state index contributed by atoms with van der Waals surface area (Å²) < 4.78 is 0. The number of allylic oxidation sites excluding steroid dienone is 2. The van der Waals surface area contributed by atoms with E-state index in [1.54, 1.807) is 6.08 Å². The fourth-order valence-electron chi connectivity index (χ4n) is 0.983. The van der Waals surface area contributed by atoms with E-state index in [9.17, 15) is 4.79 Å². The minimum atomic E-state index is -1.44. The van der Waals surface area contributed by atoms with Gasteiger partial charge in [0.25, 0.3) is 0 Å². The fourth-order valence-corrected chi connectivity index (χ4v) is 0.983. The third-order valence-corrected chi connectivity index (χ3v) is 1.75. The Hall–Kier alpha value is -1.87. The number of hydrogen-bond donors (Lipinski definition) is 2. The molecule has 0 amide bonds. The van der Waals surface area contributed by atoms with Crippen LogP contribution < -0.4 is 0 Å². The zero-order valence-corrected chi connectivity index (χ0v) is 8.08. The Kier molecular flexibility index (Phi) is 4.31. The third kappa shape index (κ3) is 4.24. The van der Waals surface area contributed by atoms with Crippen LogP contribution in [-0.4, -0.2) is 22.3 Å². The highest BCUT2D eigenvalue weighted by atomic mass is 16.4. The first-order chi connectivity index (χ1) is 7.20. The highest BCUT2D eigenvalue weighted by Crippen LogP contribution is 2.00. The van der Waals surface area contributed by atoms with Crippen LogP contribution in [0, 0.1) is 0 Å². The number of carboxylic acid groups (broad SMARTS) is 1. The first-order valence-corrected chi connectivity index (χ1v) is 4.51. The van der Waals surface area contributed by atoms with E-state index in [1.165, 1.54) is 12.2 Å². The molecule has 1 atom stereocenters. The van der Waals surface area contributed by atoms with Crippen LogP contribution in [0.1, 0.15) is 5.56 Å². The molecule has 15 heavy (non-hydrogen) atoms. The van der Waals surface area contributed by atoms with Gasteiger partial charge in [-0.05, 0) is 11.6 Å². The van der Waals surface area contributed by atoms with Crippen molar-refractivity contribution in [2.45, 2.75) is 6.10 Å². The number of carbonyl (C=O) groups is 1. The SMILES string of the molecule is O=C(O)[C@H](O)/C=C/C=C/c1ccccc1. The van der Waals surface area contributed by atoms with E-state index in [4.69, 9.17) is 10.2 Å². The van der Waals surface area contributed by atoms with Crippen LogP contribution in [0.15, 0.2) is 48.6 Å². The Balaban J connectivity index is 2.50. The van der Waals surface area contributed by atoms with E-state index in [2.05, 4.69) is 0 Å². The Labute approximate surface area is 88.0 Å². The molecule has 1 rings (SSSR count). The van der Waals surface area contributed by atoms with E-state index in [1.807, 2.05) is 36.4 Å². The van der Waals surface area contributed by atoms with E-state index in [0.717, 1.165) is 5.56 Å². The quantitative estimate of drug-likeness (QED) is 0.734. The molecule has 1 aromatic rings. The average molecular weight is 204 g/mol. The van der Waals surface area contributed by atoms with Gasteiger partial charge in [0.05, 0.1) is 0 Å². The topological polar surface area (TPSA) is 57.5 Å². The average Bonchev–Trinajstić information content (AvgIpc) is 2.25. The van der Waals surface area contributed by atoms with Gasteiger partial charge in [-0.3, -0.25) is 0 Å². The lowest BCUT2D eigenvalue weighted by atomic mass is 10.2. The van der Waals surface area contributed by atoms with Gasteiger partial charge >= 0.3 is 5.97 Å². The minimum absolute atomic E-state index is 1.02. The zero-order valence-electron chi connectivity index (χ0n) is 8.08. The second kappa shape index (κ2) is 5.78. The Morgan fingerprint density at radius 2 is 1.87 bits per heavy atom. The summed E-state index contributed by atoms with van der Waals surface area (Å²) in [6, 6.07) is 9.60. The second-order valence-corrected chi connectivity index (χ2v) is 2.94. The van der Waals surface area contributed by atoms with Crippen molar-refractivity contribution >= 4 is 12.0 Å². The van der Waals surface area contributed by atoms with Gasteiger partial charge in [0.15, 0.2) is 6.10 Å². The molecule has 0 aliphatic carbocycles. The lowest BCUT2D eigenvalue weighted by Gasteiger charge is -1.94. The number of benzene rings is 1. The summed E-state index contributed by atoms with van der Waals surface area (Å²) in [5.74, 6) is -1.25. The predicted molar refractivity (Wildman–Crippen MR) is 58.3 cm³/mol. The maximum absolute atomic E-state index is 10.2. The van der Waals surface area contributed by atoms with E-state index in [0.29, 0.717) is 0 Å². The molecule has 0 aromatic heterocycles. The summed E-state index contributed by atoms with van der Waals surface area (Å²) in [5.41, 5.74) is 1.02. The third-order valence-electron chi connectivity index (χ3n) is 1.75. The summed E-state index contributed by atoms with van der Waals surface area (Å²) in [6.45, 7) is 0. The first kappa shape index (κ1) is 11.2. The Morgan fingerprint density at radius 3 is 2.47 bits per heavy atom. The van der Waals surface area contributed by atoms with Crippen LogP contribution in [0.4, 0.5) is 0 Å². The van der Waals surface area contributed by atoms with E-state index < -0.39 is 12.1 Å². The molecular formula is C12H12O3. The summed E-state index contributed by atoms with van der Waals surface area (Å²) >= 11 is 0. The highest BCUT2D eigenvalue weighted by molar-refractivity contribution is 5.74. The summed E-state index contributed by atoms with van der Waals surface area (Å²) in [6.07, 6.45) is 4.78. The molecule has 0 aliphatic heterocycles. The molecule has 0 spiro atoms. The molecule has 78 valence electrons. The van der Waals surface area contributed by atoms with Gasteiger partial charge in [-0.2, -0.15) is 0 Å². The lowest BCUT2D eigenvalue weighted by Crippen LogP contribution is -2.15. The van der Waals surface area contributed by atoms with Crippen LogP contribution in [0.5, 0.6) is 0 Å². The number of rotatable bonds is 4. The first-order valence-electron chi connectivity index (χ1n) is 4.51.